The second-order valence-electron chi connectivity index (χ2n) is 7.29. The number of rotatable bonds is 8. The fourth-order valence-electron chi connectivity index (χ4n) is 3.36. The van der Waals surface area contributed by atoms with Gasteiger partial charge >= 0.3 is 0 Å². The molecular formula is C20H27N3O3S2. The maximum atomic E-state index is 12.5. The lowest BCUT2D eigenvalue weighted by molar-refractivity contribution is 0.0942. The van der Waals surface area contributed by atoms with Gasteiger partial charge in [0.1, 0.15) is 4.21 Å². The van der Waals surface area contributed by atoms with Crippen LogP contribution in [-0.4, -0.2) is 45.4 Å². The monoisotopic (exact) mass is 421 g/mol. The molecule has 2 heterocycles. The van der Waals surface area contributed by atoms with Crippen molar-refractivity contribution in [3.05, 3.63) is 47.3 Å². The van der Waals surface area contributed by atoms with E-state index in [-0.39, 0.29) is 10.1 Å². The van der Waals surface area contributed by atoms with Gasteiger partial charge in [-0.2, -0.15) is 0 Å². The van der Waals surface area contributed by atoms with Crippen LogP contribution in [0.4, 0.5) is 5.69 Å². The Labute approximate surface area is 171 Å². The quantitative estimate of drug-likeness (QED) is 0.685. The van der Waals surface area contributed by atoms with Gasteiger partial charge in [-0.1, -0.05) is 25.5 Å². The van der Waals surface area contributed by atoms with Gasteiger partial charge in [0.2, 0.25) is 0 Å². The molecule has 2 N–H and O–H groups in total. The zero-order valence-electron chi connectivity index (χ0n) is 16.1. The first-order chi connectivity index (χ1) is 13.4. The van der Waals surface area contributed by atoms with E-state index in [1.165, 1.54) is 19.3 Å². The Bertz CT molecular complexity index is 876. The molecule has 1 aliphatic rings. The van der Waals surface area contributed by atoms with E-state index in [0.29, 0.717) is 23.7 Å². The number of hydrogen-bond acceptors (Lipinski definition) is 5. The zero-order chi connectivity index (χ0) is 20.0. The van der Waals surface area contributed by atoms with Gasteiger partial charge in [-0.15, -0.1) is 11.3 Å². The summed E-state index contributed by atoms with van der Waals surface area (Å²) in [5.41, 5.74) is 0.818. The number of sulfonamides is 1. The topological polar surface area (TPSA) is 78.5 Å². The molecule has 1 aromatic heterocycles. The number of piperidine rings is 1. The van der Waals surface area contributed by atoms with Crippen LogP contribution in [0, 0.1) is 5.92 Å². The maximum absolute atomic E-state index is 12.5. The molecule has 0 radical (unpaired) electrons. The van der Waals surface area contributed by atoms with Crippen LogP contribution in [0.25, 0.3) is 0 Å². The predicted octanol–water partition coefficient (Wildman–Crippen LogP) is 3.40. The minimum absolute atomic E-state index is 0.192. The van der Waals surface area contributed by atoms with E-state index in [0.717, 1.165) is 31.0 Å². The van der Waals surface area contributed by atoms with Crippen molar-refractivity contribution in [3.8, 4) is 0 Å². The molecule has 0 bridgehead atoms. The van der Waals surface area contributed by atoms with Crippen LogP contribution < -0.4 is 10.0 Å². The van der Waals surface area contributed by atoms with E-state index < -0.39 is 10.0 Å². The summed E-state index contributed by atoms with van der Waals surface area (Å²) in [6.45, 7) is 6.01. The highest BCUT2D eigenvalue weighted by atomic mass is 32.2. The highest BCUT2D eigenvalue weighted by Gasteiger charge is 2.17. The van der Waals surface area contributed by atoms with Crippen LogP contribution in [0.15, 0.2) is 46.0 Å². The van der Waals surface area contributed by atoms with Gasteiger partial charge in [-0.25, -0.2) is 8.42 Å². The Kier molecular flexibility index (Phi) is 7.09. The number of thiophene rings is 1. The third-order valence-corrected chi connectivity index (χ3v) is 7.55. The number of amides is 1. The fraction of sp³-hybridized carbons (Fsp3) is 0.450. The second kappa shape index (κ2) is 9.54. The number of benzene rings is 1. The van der Waals surface area contributed by atoms with Crippen LogP contribution in [-0.2, 0) is 10.0 Å². The SMILES string of the molecule is CC(CNC(=O)c1cccc(NS(=O)(=O)c2cccs2)c1)CN1CCCCC1. The number of hydrogen-bond donors (Lipinski definition) is 2. The highest BCUT2D eigenvalue weighted by Crippen LogP contribution is 2.21. The zero-order valence-corrected chi connectivity index (χ0v) is 17.7. The number of nitrogens with one attached hydrogen (secondary N) is 2. The van der Waals surface area contributed by atoms with Gasteiger partial charge in [-0.05, 0) is 61.5 Å². The fourth-order valence-corrected chi connectivity index (χ4v) is 5.40. The minimum atomic E-state index is -3.62. The van der Waals surface area contributed by atoms with Crippen molar-refractivity contribution in [2.24, 2.45) is 5.92 Å². The van der Waals surface area contributed by atoms with Crippen molar-refractivity contribution in [1.29, 1.82) is 0 Å². The Morgan fingerprint density at radius 2 is 1.96 bits per heavy atom. The Hall–Kier alpha value is -1.90. The highest BCUT2D eigenvalue weighted by molar-refractivity contribution is 7.94. The number of nitrogens with zero attached hydrogens (tertiary/aromatic N) is 1. The smallest absolute Gasteiger partial charge is 0.271 e. The van der Waals surface area contributed by atoms with Crippen LogP contribution in [0.1, 0.15) is 36.5 Å². The summed E-state index contributed by atoms with van der Waals surface area (Å²) in [5.74, 6) is 0.172. The summed E-state index contributed by atoms with van der Waals surface area (Å²) < 4.78 is 27.5. The molecule has 3 rings (SSSR count). The van der Waals surface area contributed by atoms with Crippen molar-refractivity contribution in [3.63, 3.8) is 0 Å². The average molecular weight is 422 g/mol. The van der Waals surface area contributed by atoms with Crippen LogP contribution in [0.5, 0.6) is 0 Å². The summed E-state index contributed by atoms with van der Waals surface area (Å²) in [5, 5.41) is 4.68. The summed E-state index contributed by atoms with van der Waals surface area (Å²) in [6, 6.07) is 9.81. The largest absolute Gasteiger partial charge is 0.352 e. The van der Waals surface area contributed by atoms with Gasteiger partial charge in [0.05, 0.1) is 0 Å². The van der Waals surface area contributed by atoms with E-state index in [4.69, 9.17) is 0 Å². The number of carbonyl (C=O) groups excluding carboxylic acids is 1. The minimum Gasteiger partial charge on any atom is -0.352 e. The molecule has 1 fully saturated rings. The van der Waals surface area contributed by atoms with E-state index in [2.05, 4.69) is 21.9 Å². The third kappa shape index (κ3) is 5.80. The molecule has 0 aliphatic carbocycles. The molecule has 1 saturated heterocycles. The molecule has 2 aromatic rings. The molecule has 1 aromatic carbocycles. The molecule has 8 heteroatoms. The molecule has 1 aliphatic heterocycles. The van der Waals surface area contributed by atoms with E-state index in [9.17, 15) is 13.2 Å². The average Bonchev–Trinajstić information content (AvgIpc) is 3.23. The predicted molar refractivity (Wildman–Crippen MR) is 113 cm³/mol. The lowest BCUT2D eigenvalue weighted by atomic mass is 10.1. The maximum Gasteiger partial charge on any atom is 0.271 e. The first-order valence-electron chi connectivity index (χ1n) is 9.61. The molecule has 152 valence electrons. The van der Waals surface area contributed by atoms with Crippen LogP contribution in [0.3, 0.4) is 0 Å². The first kappa shape index (κ1) is 20.8. The third-order valence-electron chi connectivity index (χ3n) is 4.77. The van der Waals surface area contributed by atoms with Crippen molar-refractivity contribution < 1.29 is 13.2 Å². The van der Waals surface area contributed by atoms with Gasteiger partial charge in [0.15, 0.2) is 0 Å². The Morgan fingerprint density at radius 3 is 2.68 bits per heavy atom. The molecule has 0 saturated carbocycles. The van der Waals surface area contributed by atoms with Crippen molar-refractivity contribution in [2.75, 3.05) is 30.9 Å². The number of likely N-dealkylation sites (tertiary alicyclic amines) is 1. The lowest BCUT2D eigenvalue weighted by Crippen LogP contribution is -2.38. The van der Waals surface area contributed by atoms with E-state index >= 15 is 0 Å². The summed E-state index contributed by atoms with van der Waals surface area (Å²) in [4.78, 5) is 14.9. The van der Waals surface area contributed by atoms with Gasteiger partial charge in [-0.3, -0.25) is 9.52 Å². The molecule has 0 spiro atoms. The summed E-state index contributed by atoms with van der Waals surface area (Å²) in [7, 11) is -3.62. The lowest BCUT2D eigenvalue weighted by Gasteiger charge is -2.29. The summed E-state index contributed by atoms with van der Waals surface area (Å²) in [6.07, 6.45) is 3.83. The van der Waals surface area contributed by atoms with Crippen LogP contribution >= 0.6 is 11.3 Å². The van der Waals surface area contributed by atoms with E-state index in [1.54, 1.807) is 41.8 Å². The van der Waals surface area contributed by atoms with Crippen molar-refractivity contribution in [1.82, 2.24) is 10.2 Å². The Morgan fingerprint density at radius 1 is 1.18 bits per heavy atom. The van der Waals surface area contributed by atoms with E-state index in [1.807, 2.05) is 0 Å². The second-order valence-corrected chi connectivity index (χ2v) is 10.2. The number of carbonyl (C=O) groups is 1. The standard InChI is InChI=1S/C20H27N3O3S2/c1-16(15-23-10-3-2-4-11-23)14-21-20(24)17-7-5-8-18(13-17)22-28(25,26)19-9-6-12-27-19/h5-9,12-13,16,22H,2-4,10-11,14-15H2,1H3,(H,21,24). The van der Waals surface area contributed by atoms with Gasteiger partial charge < -0.3 is 10.2 Å². The molecular weight excluding hydrogens is 394 g/mol. The first-order valence-corrected chi connectivity index (χ1v) is 12.0. The molecule has 1 unspecified atom stereocenters. The molecule has 28 heavy (non-hydrogen) atoms. The van der Waals surface area contributed by atoms with Gasteiger partial charge in [0.25, 0.3) is 15.9 Å². The Balaban J connectivity index is 1.55. The van der Waals surface area contributed by atoms with Crippen LogP contribution in [0.2, 0.25) is 0 Å². The van der Waals surface area contributed by atoms with Gasteiger partial charge in [0, 0.05) is 24.3 Å². The normalized spacial score (nSPS) is 16.5. The molecule has 1 atom stereocenters. The molecule has 1 amide bonds. The van der Waals surface area contributed by atoms with Crippen molar-refractivity contribution >= 4 is 33.0 Å². The molecule has 6 nitrogen and oxygen atoms in total. The summed E-state index contributed by atoms with van der Waals surface area (Å²) >= 11 is 1.15. The number of anilines is 1. The van der Waals surface area contributed by atoms with Crippen molar-refractivity contribution in [2.45, 2.75) is 30.4 Å².